The lowest BCUT2D eigenvalue weighted by atomic mass is 10.2. The minimum atomic E-state index is -1.17. The van der Waals surface area contributed by atoms with E-state index in [9.17, 15) is 14.4 Å². The van der Waals surface area contributed by atoms with E-state index in [-0.39, 0.29) is 24.5 Å². The number of hydrogen-bond acceptors (Lipinski definition) is 5. The van der Waals surface area contributed by atoms with Crippen molar-refractivity contribution < 1.29 is 24.2 Å². The van der Waals surface area contributed by atoms with E-state index in [4.69, 9.17) is 9.84 Å². The molecule has 0 bridgehead atoms. The van der Waals surface area contributed by atoms with Crippen LogP contribution >= 0.6 is 0 Å². The summed E-state index contributed by atoms with van der Waals surface area (Å²) in [5, 5.41) is 8.79. The number of morpholine rings is 1. The van der Waals surface area contributed by atoms with Gasteiger partial charge in [0.2, 0.25) is 0 Å². The summed E-state index contributed by atoms with van der Waals surface area (Å²) >= 11 is 0. The Balaban J connectivity index is 2.38. The van der Waals surface area contributed by atoms with Gasteiger partial charge in [-0.2, -0.15) is 0 Å². The van der Waals surface area contributed by atoms with Crippen molar-refractivity contribution in [3.05, 3.63) is 24.0 Å². The second-order valence-corrected chi connectivity index (χ2v) is 3.35. The molecule has 2 amide bonds. The Kier molecular flexibility index (Phi) is 2.84. The zero-order valence-corrected chi connectivity index (χ0v) is 8.62. The van der Waals surface area contributed by atoms with Crippen LogP contribution < -0.4 is 4.90 Å². The van der Waals surface area contributed by atoms with Gasteiger partial charge in [0.1, 0.15) is 13.2 Å². The molecule has 0 saturated carbocycles. The van der Waals surface area contributed by atoms with Gasteiger partial charge in [-0.1, -0.05) is 0 Å². The highest BCUT2D eigenvalue weighted by molar-refractivity contribution is 6.17. The lowest BCUT2D eigenvalue weighted by Crippen LogP contribution is -2.46. The summed E-state index contributed by atoms with van der Waals surface area (Å²) in [4.78, 5) is 38.3. The van der Waals surface area contributed by atoms with Crippen molar-refractivity contribution in [2.75, 3.05) is 18.1 Å². The van der Waals surface area contributed by atoms with Crippen molar-refractivity contribution in [2.24, 2.45) is 0 Å². The Bertz CT molecular complexity index is 483. The number of carboxylic acids is 1. The molecule has 1 aromatic rings. The number of carbonyl (C=O) groups is 3. The average molecular weight is 236 g/mol. The Hall–Kier alpha value is -2.28. The second kappa shape index (κ2) is 4.30. The van der Waals surface area contributed by atoms with E-state index in [1.807, 2.05) is 0 Å². The molecule has 0 aromatic carbocycles. The van der Waals surface area contributed by atoms with Crippen molar-refractivity contribution in [1.82, 2.24) is 4.98 Å². The van der Waals surface area contributed by atoms with Gasteiger partial charge in [-0.05, 0) is 6.07 Å². The molecule has 1 aliphatic heterocycles. The van der Waals surface area contributed by atoms with E-state index < -0.39 is 17.8 Å². The number of anilines is 1. The first-order valence-electron chi connectivity index (χ1n) is 4.71. The number of rotatable bonds is 2. The molecule has 88 valence electrons. The number of amides is 2. The fraction of sp³-hybridized carbons (Fsp3) is 0.200. The third-order valence-electron chi connectivity index (χ3n) is 2.18. The largest absolute Gasteiger partial charge is 0.478 e. The van der Waals surface area contributed by atoms with Gasteiger partial charge in [0.25, 0.3) is 11.8 Å². The van der Waals surface area contributed by atoms with Crippen LogP contribution in [0.15, 0.2) is 18.5 Å². The van der Waals surface area contributed by atoms with Gasteiger partial charge in [0.05, 0.1) is 17.4 Å². The van der Waals surface area contributed by atoms with Gasteiger partial charge in [0, 0.05) is 6.20 Å². The molecule has 0 spiro atoms. The van der Waals surface area contributed by atoms with Crippen LogP contribution in [0, 0.1) is 0 Å². The third kappa shape index (κ3) is 2.13. The molecule has 7 nitrogen and oxygen atoms in total. The monoisotopic (exact) mass is 236 g/mol. The summed E-state index contributed by atoms with van der Waals surface area (Å²) in [6, 6.07) is 1.22. The smallest absolute Gasteiger partial charge is 0.337 e. The highest BCUT2D eigenvalue weighted by Crippen LogP contribution is 2.17. The summed E-state index contributed by atoms with van der Waals surface area (Å²) in [6.45, 7) is -0.411. The maximum absolute atomic E-state index is 11.5. The van der Waals surface area contributed by atoms with Gasteiger partial charge >= 0.3 is 5.97 Å². The minimum absolute atomic E-state index is 0.0883. The Morgan fingerprint density at radius 3 is 2.53 bits per heavy atom. The highest BCUT2D eigenvalue weighted by Gasteiger charge is 2.28. The second-order valence-electron chi connectivity index (χ2n) is 3.35. The van der Waals surface area contributed by atoms with E-state index in [2.05, 4.69) is 4.98 Å². The van der Waals surface area contributed by atoms with E-state index >= 15 is 0 Å². The molecule has 1 fully saturated rings. The van der Waals surface area contributed by atoms with Crippen molar-refractivity contribution in [2.45, 2.75) is 0 Å². The molecule has 1 N–H and O–H groups in total. The molecular weight excluding hydrogens is 228 g/mol. The molecule has 17 heavy (non-hydrogen) atoms. The summed E-state index contributed by atoms with van der Waals surface area (Å²) < 4.78 is 4.75. The van der Waals surface area contributed by atoms with Crippen LogP contribution in [-0.2, 0) is 14.3 Å². The first kappa shape index (κ1) is 11.2. The first-order chi connectivity index (χ1) is 8.09. The fourth-order valence-corrected chi connectivity index (χ4v) is 1.45. The molecule has 0 aliphatic carbocycles. The van der Waals surface area contributed by atoms with Gasteiger partial charge in [-0.15, -0.1) is 0 Å². The quantitative estimate of drug-likeness (QED) is 0.706. The van der Waals surface area contributed by atoms with Crippen molar-refractivity contribution in [3.8, 4) is 0 Å². The summed E-state index contributed by atoms with van der Waals surface area (Å²) in [6.07, 6.45) is 2.40. The van der Waals surface area contributed by atoms with Crippen LogP contribution in [0.5, 0.6) is 0 Å². The van der Waals surface area contributed by atoms with Crippen molar-refractivity contribution >= 4 is 23.5 Å². The summed E-state index contributed by atoms with van der Waals surface area (Å²) in [5.41, 5.74) is 0.0535. The van der Waals surface area contributed by atoms with Crippen LogP contribution in [0.25, 0.3) is 0 Å². The maximum Gasteiger partial charge on any atom is 0.337 e. The molecule has 0 unspecified atom stereocenters. The topological polar surface area (TPSA) is 96.8 Å². The number of nitrogens with zero attached hydrogens (tertiary/aromatic N) is 2. The number of carboxylic acid groups (broad SMARTS) is 1. The molecule has 2 rings (SSSR count). The van der Waals surface area contributed by atoms with Crippen LogP contribution in [0.3, 0.4) is 0 Å². The van der Waals surface area contributed by atoms with Gasteiger partial charge < -0.3 is 9.84 Å². The van der Waals surface area contributed by atoms with Crippen LogP contribution in [0.1, 0.15) is 10.4 Å². The number of ether oxygens (including phenoxy) is 1. The van der Waals surface area contributed by atoms with Crippen LogP contribution in [0.4, 0.5) is 5.69 Å². The van der Waals surface area contributed by atoms with E-state index in [1.165, 1.54) is 12.3 Å². The normalized spacial score (nSPS) is 16.1. The number of hydrogen-bond donors (Lipinski definition) is 1. The lowest BCUT2D eigenvalue weighted by Gasteiger charge is -2.24. The molecule has 7 heteroatoms. The number of carbonyl (C=O) groups excluding carboxylic acids is 2. The molecule has 0 radical (unpaired) electrons. The summed E-state index contributed by atoms with van der Waals surface area (Å²) in [5.74, 6) is -2.25. The SMILES string of the molecule is O=C(O)c1cncc(N2C(=O)COCC2=O)c1. The Morgan fingerprint density at radius 1 is 1.29 bits per heavy atom. The Morgan fingerprint density at radius 2 is 1.94 bits per heavy atom. The zero-order chi connectivity index (χ0) is 12.4. The molecule has 1 aliphatic rings. The number of aromatic nitrogens is 1. The fourth-order valence-electron chi connectivity index (χ4n) is 1.45. The lowest BCUT2D eigenvalue weighted by molar-refractivity contribution is -0.138. The standard InChI is InChI=1S/C10H8N2O5/c13-8-4-17-5-9(14)12(8)7-1-6(10(15)16)2-11-3-7/h1-3H,4-5H2,(H,15,16). The number of imide groups is 1. The van der Waals surface area contributed by atoms with E-state index in [0.29, 0.717) is 0 Å². The predicted molar refractivity (Wildman–Crippen MR) is 54.5 cm³/mol. The van der Waals surface area contributed by atoms with Crippen molar-refractivity contribution in [1.29, 1.82) is 0 Å². The van der Waals surface area contributed by atoms with E-state index in [0.717, 1.165) is 11.1 Å². The average Bonchev–Trinajstić information content (AvgIpc) is 2.29. The molecule has 2 heterocycles. The Labute approximate surface area is 95.6 Å². The van der Waals surface area contributed by atoms with Crippen molar-refractivity contribution in [3.63, 3.8) is 0 Å². The maximum atomic E-state index is 11.5. The zero-order valence-electron chi connectivity index (χ0n) is 8.62. The molecule has 0 atom stereocenters. The van der Waals surface area contributed by atoms with Gasteiger partial charge in [-0.25, -0.2) is 9.69 Å². The minimum Gasteiger partial charge on any atom is -0.478 e. The summed E-state index contributed by atoms with van der Waals surface area (Å²) in [7, 11) is 0. The third-order valence-corrected chi connectivity index (χ3v) is 2.18. The van der Waals surface area contributed by atoms with Crippen LogP contribution in [-0.4, -0.2) is 41.1 Å². The molecular formula is C10H8N2O5. The first-order valence-corrected chi connectivity index (χ1v) is 4.71. The highest BCUT2D eigenvalue weighted by atomic mass is 16.5. The molecule has 1 aromatic heterocycles. The predicted octanol–water partition coefficient (Wildman–Crippen LogP) is -0.330. The van der Waals surface area contributed by atoms with Gasteiger partial charge in [-0.3, -0.25) is 14.6 Å². The molecule has 1 saturated heterocycles. The van der Waals surface area contributed by atoms with E-state index in [1.54, 1.807) is 0 Å². The number of aromatic carboxylic acids is 1. The number of pyridine rings is 1. The van der Waals surface area contributed by atoms with Crippen LogP contribution in [0.2, 0.25) is 0 Å². The van der Waals surface area contributed by atoms with Gasteiger partial charge in [0.15, 0.2) is 0 Å².